The summed E-state index contributed by atoms with van der Waals surface area (Å²) < 4.78 is 11.2. The van der Waals surface area contributed by atoms with Crippen LogP contribution in [0.4, 0.5) is 0 Å². The van der Waals surface area contributed by atoms with Gasteiger partial charge in [-0.3, -0.25) is 0 Å². The Balaban J connectivity index is 1.90. The van der Waals surface area contributed by atoms with Gasteiger partial charge in [-0.05, 0) is 33.8 Å². The third-order valence-electron chi connectivity index (χ3n) is 3.96. The van der Waals surface area contributed by atoms with E-state index in [1.54, 1.807) is 14.2 Å². The molecule has 24 heavy (non-hydrogen) atoms. The smallest absolute Gasteiger partial charge is 0.126 e. The van der Waals surface area contributed by atoms with Gasteiger partial charge in [0, 0.05) is 21.9 Å². The number of hydrogen-bond acceptors (Lipinski definition) is 2. The first-order valence-corrected chi connectivity index (χ1v) is 11.3. The predicted octanol–water partition coefficient (Wildman–Crippen LogP) is 3.35. The molecular formula is C20H24O2S2. The van der Waals surface area contributed by atoms with E-state index in [-0.39, 0.29) is 21.8 Å². The molecule has 0 N–H and O–H groups in total. The number of thiol groups is 2. The van der Waals surface area contributed by atoms with Gasteiger partial charge in [0.05, 0.1) is 14.2 Å². The molecule has 0 aromatic heterocycles. The first kappa shape index (κ1) is 17.1. The maximum Gasteiger partial charge on any atom is 0.126 e. The molecule has 128 valence electrons. The SMILES string of the molecule is COc1c/c(=C/C[SH]2C=CC=C2)c(OC)c/c1=C/C[SH]1C=CC=C1. The minimum Gasteiger partial charge on any atom is -0.496 e. The molecule has 3 rings (SSSR count). The molecule has 0 amide bonds. The first-order chi connectivity index (χ1) is 11.8. The maximum absolute atomic E-state index is 5.61. The Labute approximate surface area is 149 Å². The van der Waals surface area contributed by atoms with Crippen LogP contribution in [0.3, 0.4) is 0 Å². The number of benzene rings is 1. The Morgan fingerprint density at radius 3 is 1.42 bits per heavy atom. The monoisotopic (exact) mass is 360 g/mol. The summed E-state index contributed by atoms with van der Waals surface area (Å²) in [6, 6.07) is 4.19. The van der Waals surface area contributed by atoms with Crippen LogP contribution in [0.2, 0.25) is 0 Å². The minimum atomic E-state index is -0.154. The van der Waals surface area contributed by atoms with Crippen molar-refractivity contribution in [3.05, 3.63) is 68.5 Å². The fourth-order valence-electron chi connectivity index (χ4n) is 2.66. The van der Waals surface area contributed by atoms with Gasteiger partial charge in [0.2, 0.25) is 0 Å². The highest BCUT2D eigenvalue weighted by Gasteiger charge is 2.04. The zero-order valence-corrected chi connectivity index (χ0v) is 15.8. The van der Waals surface area contributed by atoms with E-state index in [0.29, 0.717) is 0 Å². The van der Waals surface area contributed by atoms with E-state index in [0.717, 1.165) is 33.4 Å². The normalized spacial score (nSPS) is 19.8. The van der Waals surface area contributed by atoms with Gasteiger partial charge in [-0.25, -0.2) is 21.8 Å². The van der Waals surface area contributed by atoms with Crippen molar-refractivity contribution >= 4 is 33.9 Å². The molecule has 0 bridgehead atoms. The molecule has 0 aliphatic carbocycles. The lowest BCUT2D eigenvalue weighted by atomic mass is 10.2. The van der Waals surface area contributed by atoms with Gasteiger partial charge in [-0.1, -0.05) is 36.5 Å². The Morgan fingerprint density at radius 2 is 1.08 bits per heavy atom. The summed E-state index contributed by atoms with van der Waals surface area (Å²) >= 11 is 0. The number of hydrogen-bond donors (Lipinski definition) is 2. The molecule has 4 heteroatoms. The lowest BCUT2D eigenvalue weighted by molar-refractivity contribution is 0.397. The Hall–Kier alpha value is -1.78. The number of allylic oxidation sites excluding steroid dienone is 4. The second-order valence-electron chi connectivity index (χ2n) is 5.50. The fourth-order valence-corrected chi connectivity index (χ4v) is 5.44. The summed E-state index contributed by atoms with van der Waals surface area (Å²) in [5, 5.41) is 11.3. The lowest BCUT2D eigenvalue weighted by Crippen LogP contribution is -2.16. The molecule has 0 saturated carbocycles. The van der Waals surface area contributed by atoms with Crippen molar-refractivity contribution in [1.82, 2.24) is 0 Å². The molecule has 2 aliphatic heterocycles. The van der Waals surface area contributed by atoms with Gasteiger partial charge in [-0.15, -0.1) is 0 Å². The molecule has 0 atom stereocenters. The van der Waals surface area contributed by atoms with E-state index in [2.05, 4.69) is 70.2 Å². The van der Waals surface area contributed by atoms with Gasteiger partial charge < -0.3 is 9.47 Å². The van der Waals surface area contributed by atoms with Gasteiger partial charge in [0.25, 0.3) is 0 Å². The highest BCUT2D eigenvalue weighted by molar-refractivity contribution is 8.22. The second kappa shape index (κ2) is 8.36. The molecule has 2 aliphatic rings. The van der Waals surface area contributed by atoms with E-state index in [4.69, 9.17) is 9.47 Å². The van der Waals surface area contributed by atoms with Crippen molar-refractivity contribution in [2.24, 2.45) is 0 Å². The van der Waals surface area contributed by atoms with Crippen molar-refractivity contribution in [2.75, 3.05) is 25.7 Å². The van der Waals surface area contributed by atoms with Crippen LogP contribution in [0, 0.1) is 0 Å². The summed E-state index contributed by atoms with van der Waals surface area (Å²) in [7, 11) is 3.16. The topological polar surface area (TPSA) is 18.5 Å². The molecule has 2 nitrogen and oxygen atoms in total. The summed E-state index contributed by atoms with van der Waals surface area (Å²) in [4.78, 5) is 0. The molecule has 1 aromatic rings. The summed E-state index contributed by atoms with van der Waals surface area (Å²) in [5.41, 5.74) is 0. The largest absolute Gasteiger partial charge is 0.496 e. The fraction of sp³-hybridized carbons (Fsp3) is 0.200. The van der Waals surface area contributed by atoms with Gasteiger partial charge in [-0.2, -0.15) is 0 Å². The zero-order valence-electron chi connectivity index (χ0n) is 14.1. The van der Waals surface area contributed by atoms with E-state index in [1.165, 1.54) is 0 Å². The van der Waals surface area contributed by atoms with Crippen LogP contribution in [0.25, 0.3) is 12.2 Å². The number of ether oxygens (including phenoxy) is 2. The number of methoxy groups -OCH3 is 2. The Bertz CT molecular complexity index is 725. The molecular weight excluding hydrogens is 336 g/mol. The van der Waals surface area contributed by atoms with Crippen LogP contribution in [-0.2, 0) is 0 Å². The van der Waals surface area contributed by atoms with Crippen LogP contribution in [0.15, 0.2) is 58.1 Å². The van der Waals surface area contributed by atoms with E-state index < -0.39 is 0 Å². The quantitative estimate of drug-likeness (QED) is 0.758. The van der Waals surface area contributed by atoms with E-state index in [9.17, 15) is 0 Å². The predicted molar refractivity (Wildman–Crippen MR) is 112 cm³/mol. The van der Waals surface area contributed by atoms with Crippen LogP contribution >= 0.6 is 21.8 Å². The Kier molecular flexibility index (Phi) is 5.94. The summed E-state index contributed by atoms with van der Waals surface area (Å²) in [6.45, 7) is 0. The average Bonchev–Trinajstić information content (AvgIpc) is 3.31. The van der Waals surface area contributed by atoms with Crippen LogP contribution in [0.5, 0.6) is 11.5 Å². The van der Waals surface area contributed by atoms with Gasteiger partial charge >= 0.3 is 0 Å². The molecule has 0 unspecified atom stereocenters. The molecule has 1 aromatic carbocycles. The van der Waals surface area contributed by atoms with Crippen molar-refractivity contribution in [2.45, 2.75) is 0 Å². The van der Waals surface area contributed by atoms with Crippen molar-refractivity contribution in [3.63, 3.8) is 0 Å². The lowest BCUT2D eigenvalue weighted by Gasteiger charge is -2.10. The third kappa shape index (κ3) is 4.19. The van der Waals surface area contributed by atoms with Crippen LogP contribution in [0.1, 0.15) is 0 Å². The molecule has 0 fully saturated rings. The molecule has 0 spiro atoms. The average molecular weight is 361 g/mol. The maximum atomic E-state index is 5.61. The first-order valence-electron chi connectivity index (χ1n) is 7.94. The molecule has 0 radical (unpaired) electrons. The van der Waals surface area contributed by atoms with Crippen molar-refractivity contribution < 1.29 is 9.47 Å². The zero-order chi connectivity index (χ0) is 16.8. The molecule has 2 heterocycles. The van der Waals surface area contributed by atoms with Crippen molar-refractivity contribution in [1.29, 1.82) is 0 Å². The number of rotatable bonds is 6. The summed E-state index contributed by atoms with van der Waals surface area (Å²) in [6.07, 6.45) is 13.0. The Morgan fingerprint density at radius 1 is 0.708 bits per heavy atom. The summed E-state index contributed by atoms with van der Waals surface area (Å²) in [5.74, 6) is 3.89. The second-order valence-corrected chi connectivity index (χ2v) is 9.48. The highest BCUT2D eigenvalue weighted by atomic mass is 32.2. The third-order valence-corrected chi connectivity index (χ3v) is 7.39. The van der Waals surface area contributed by atoms with Crippen LogP contribution < -0.4 is 19.9 Å². The van der Waals surface area contributed by atoms with Crippen molar-refractivity contribution in [3.8, 4) is 11.5 Å². The highest BCUT2D eigenvalue weighted by Crippen LogP contribution is 2.33. The van der Waals surface area contributed by atoms with Gasteiger partial charge in [0.15, 0.2) is 0 Å². The minimum absolute atomic E-state index is 0.154. The molecule has 0 saturated heterocycles. The van der Waals surface area contributed by atoms with E-state index >= 15 is 0 Å². The van der Waals surface area contributed by atoms with Gasteiger partial charge in [0.1, 0.15) is 11.5 Å². The van der Waals surface area contributed by atoms with E-state index in [1.807, 2.05) is 0 Å². The van der Waals surface area contributed by atoms with Crippen LogP contribution in [-0.4, -0.2) is 25.7 Å². The standard InChI is InChI=1S/C20H24O2S2/c1-21-19-15-18(8-14-24-11-5-6-12-24)20(22-2)16-17(19)7-13-23-9-3-4-10-23/h3-12,15-16,23-24H,13-14H2,1-2H3/b17-7-,18-8-.